The largest absolute Gasteiger partial charge is 0.481 e. The lowest BCUT2D eigenvalue weighted by molar-refractivity contribution is -0.139. The first-order chi connectivity index (χ1) is 13.5. The number of hydrogen-bond acceptors (Lipinski definition) is 3. The average Bonchev–Trinajstić information content (AvgIpc) is 2.70. The van der Waals surface area contributed by atoms with E-state index in [1.165, 1.54) is 5.56 Å². The molecule has 1 fully saturated rings. The van der Waals surface area contributed by atoms with Gasteiger partial charge in [-0.1, -0.05) is 42.5 Å². The van der Waals surface area contributed by atoms with Gasteiger partial charge in [0.05, 0.1) is 6.42 Å². The summed E-state index contributed by atoms with van der Waals surface area (Å²) in [6.45, 7) is 3.30. The SMILES string of the molecule is CC(Oc1ccc(CC(=O)O)cc1)C(=O)N1CCC(Cc2ccccc2)CC1. The van der Waals surface area contributed by atoms with Crippen LogP contribution in [0.4, 0.5) is 0 Å². The molecule has 0 bridgehead atoms. The number of carboxylic acid groups (broad SMARTS) is 1. The minimum absolute atomic E-state index is 0.00720. The van der Waals surface area contributed by atoms with Crippen LogP contribution in [0, 0.1) is 5.92 Å². The number of carbonyl (C=O) groups is 2. The Morgan fingerprint density at radius 1 is 1.04 bits per heavy atom. The highest BCUT2D eigenvalue weighted by atomic mass is 16.5. The minimum Gasteiger partial charge on any atom is -0.481 e. The Bertz CT molecular complexity index is 780. The van der Waals surface area contributed by atoms with Crippen molar-refractivity contribution in [1.82, 2.24) is 4.90 Å². The Morgan fingerprint density at radius 3 is 2.29 bits per heavy atom. The van der Waals surface area contributed by atoms with E-state index in [0.717, 1.165) is 32.4 Å². The highest BCUT2D eigenvalue weighted by molar-refractivity contribution is 5.81. The number of aliphatic carboxylic acids is 1. The van der Waals surface area contributed by atoms with Gasteiger partial charge in [0.25, 0.3) is 5.91 Å². The highest BCUT2D eigenvalue weighted by Gasteiger charge is 2.27. The van der Waals surface area contributed by atoms with E-state index in [9.17, 15) is 9.59 Å². The van der Waals surface area contributed by atoms with Crippen LogP contribution in [-0.4, -0.2) is 41.1 Å². The fraction of sp³-hybridized carbons (Fsp3) is 0.391. The molecule has 0 aliphatic carbocycles. The number of carbonyl (C=O) groups excluding carboxylic acids is 1. The summed E-state index contributed by atoms with van der Waals surface area (Å²) in [7, 11) is 0. The predicted octanol–water partition coefficient (Wildman–Crippen LogP) is 3.56. The van der Waals surface area contributed by atoms with Crippen LogP contribution in [-0.2, 0) is 22.4 Å². The van der Waals surface area contributed by atoms with Crippen LogP contribution in [0.3, 0.4) is 0 Å². The molecule has 0 saturated carbocycles. The number of likely N-dealkylation sites (tertiary alicyclic amines) is 1. The molecule has 3 rings (SSSR count). The molecule has 0 spiro atoms. The Morgan fingerprint density at radius 2 is 1.68 bits per heavy atom. The van der Waals surface area contributed by atoms with Gasteiger partial charge in [-0.3, -0.25) is 9.59 Å². The molecule has 1 N–H and O–H groups in total. The van der Waals surface area contributed by atoms with E-state index >= 15 is 0 Å². The summed E-state index contributed by atoms with van der Waals surface area (Å²) in [4.78, 5) is 25.3. The summed E-state index contributed by atoms with van der Waals surface area (Å²) in [6, 6.07) is 17.4. The third-order valence-electron chi connectivity index (χ3n) is 5.23. The van der Waals surface area contributed by atoms with Crippen molar-refractivity contribution in [3.05, 3.63) is 65.7 Å². The summed E-state index contributed by atoms with van der Waals surface area (Å²) < 4.78 is 5.77. The highest BCUT2D eigenvalue weighted by Crippen LogP contribution is 2.23. The monoisotopic (exact) mass is 381 g/mol. The van der Waals surface area contributed by atoms with E-state index in [2.05, 4.69) is 24.3 Å². The van der Waals surface area contributed by atoms with Crippen molar-refractivity contribution in [2.24, 2.45) is 5.92 Å². The van der Waals surface area contributed by atoms with Crippen LogP contribution >= 0.6 is 0 Å². The zero-order chi connectivity index (χ0) is 19.9. The first-order valence-electron chi connectivity index (χ1n) is 9.81. The van der Waals surface area contributed by atoms with E-state index in [0.29, 0.717) is 17.2 Å². The maximum Gasteiger partial charge on any atom is 0.307 e. The molecule has 1 saturated heterocycles. The Balaban J connectivity index is 1.47. The lowest BCUT2D eigenvalue weighted by atomic mass is 9.90. The fourth-order valence-corrected chi connectivity index (χ4v) is 3.68. The molecule has 0 aromatic heterocycles. The number of rotatable bonds is 7. The van der Waals surface area contributed by atoms with E-state index in [4.69, 9.17) is 9.84 Å². The van der Waals surface area contributed by atoms with Crippen molar-refractivity contribution in [2.75, 3.05) is 13.1 Å². The standard InChI is InChI=1S/C23H27NO4/c1-17(28-21-9-7-19(8-10-21)16-22(25)26)23(27)24-13-11-20(12-14-24)15-18-5-3-2-4-6-18/h2-10,17,20H,11-16H2,1H3,(H,25,26). The zero-order valence-electron chi connectivity index (χ0n) is 16.2. The first-order valence-corrected chi connectivity index (χ1v) is 9.81. The van der Waals surface area contributed by atoms with Gasteiger partial charge in [0.15, 0.2) is 6.10 Å². The van der Waals surface area contributed by atoms with Crippen LogP contribution < -0.4 is 4.74 Å². The second-order valence-corrected chi connectivity index (χ2v) is 7.43. The molecular formula is C23H27NO4. The van der Waals surface area contributed by atoms with Crippen molar-refractivity contribution < 1.29 is 19.4 Å². The molecule has 5 heteroatoms. The van der Waals surface area contributed by atoms with Crippen LogP contribution in [0.25, 0.3) is 0 Å². The molecule has 1 atom stereocenters. The van der Waals surface area contributed by atoms with Crippen LogP contribution in [0.1, 0.15) is 30.9 Å². The van der Waals surface area contributed by atoms with Crippen molar-refractivity contribution in [3.8, 4) is 5.75 Å². The van der Waals surface area contributed by atoms with Gasteiger partial charge >= 0.3 is 5.97 Å². The summed E-state index contributed by atoms with van der Waals surface area (Å²) in [5.74, 6) is 0.332. The summed E-state index contributed by atoms with van der Waals surface area (Å²) >= 11 is 0. The molecular weight excluding hydrogens is 354 g/mol. The molecule has 1 amide bonds. The maximum atomic E-state index is 12.7. The Hall–Kier alpha value is -2.82. The molecule has 2 aromatic rings. The van der Waals surface area contributed by atoms with Gasteiger partial charge in [-0.15, -0.1) is 0 Å². The summed E-state index contributed by atoms with van der Waals surface area (Å²) in [5, 5.41) is 8.82. The molecule has 28 heavy (non-hydrogen) atoms. The second-order valence-electron chi connectivity index (χ2n) is 7.43. The molecule has 5 nitrogen and oxygen atoms in total. The number of amides is 1. The van der Waals surface area contributed by atoms with Crippen LogP contribution in [0.15, 0.2) is 54.6 Å². The second kappa shape index (κ2) is 9.40. The van der Waals surface area contributed by atoms with Crippen molar-refractivity contribution >= 4 is 11.9 Å². The van der Waals surface area contributed by atoms with Crippen molar-refractivity contribution in [3.63, 3.8) is 0 Å². The van der Waals surface area contributed by atoms with Gasteiger partial charge < -0.3 is 14.7 Å². The third-order valence-corrected chi connectivity index (χ3v) is 5.23. The average molecular weight is 381 g/mol. The van der Waals surface area contributed by atoms with Gasteiger partial charge in [-0.05, 0) is 55.4 Å². The molecule has 1 heterocycles. The van der Waals surface area contributed by atoms with Gasteiger partial charge in [0, 0.05) is 13.1 Å². The lowest BCUT2D eigenvalue weighted by Crippen LogP contribution is -2.45. The van der Waals surface area contributed by atoms with Gasteiger partial charge in [0.1, 0.15) is 5.75 Å². The van der Waals surface area contributed by atoms with Crippen molar-refractivity contribution in [2.45, 2.75) is 38.7 Å². The fourth-order valence-electron chi connectivity index (χ4n) is 3.68. The molecule has 2 aromatic carbocycles. The predicted molar refractivity (Wildman–Crippen MR) is 107 cm³/mol. The van der Waals surface area contributed by atoms with Crippen LogP contribution in [0.2, 0.25) is 0 Å². The van der Waals surface area contributed by atoms with Gasteiger partial charge in [-0.2, -0.15) is 0 Å². The number of nitrogens with zero attached hydrogens (tertiary/aromatic N) is 1. The Labute approximate surface area is 165 Å². The quantitative estimate of drug-likeness (QED) is 0.796. The van der Waals surface area contributed by atoms with E-state index in [1.807, 2.05) is 11.0 Å². The molecule has 148 valence electrons. The summed E-state index contributed by atoms with van der Waals surface area (Å²) in [6.07, 6.45) is 2.51. The summed E-state index contributed by atoms with van der Waals surface area (Å²) in [5.41, 5.74) is 2.06. The van der Waals surface area contributed by atoms with E-state index in [1.54, 1.807) is 31.2 Å². The number of hydrogen-bond donors (Lipinski definition) is 1. The molecule has 1 unspecified atom stereocenters. The van der Waals surface area contributed by atoms with Crippen LogP contribution in [0.5, 0.6) is 5.75 Å². The number of ether oxygens (including phenoxy) is 1. The molecule has 0 radical (unpaired) electrons. The number of benzene rings is 2. The molecule has 1 aliphatic heterocycles. The van der Waals surface area contributed by atoms with E-state index < -0.39 is 12.1 Å². The van der Waals surface area contributed by atoms with E-state index in [-0.39, 0.29) is 12.3 Å². The number of carboxylic acids is 1. The lowest BCUT2D eigenvalue weighted by Gasteiger charge is -2.33. The van der Waals surface area contributed by atoms with Crippen molar-refractivity contribution in [1.29, 1.82) is 0 Å². The normalized spacial score (nSPS) is 15.8. The third kappa shape index (κ3) is 5.59. The number of piperidine rings is 1. The van der Waals surface area contributed by atoms with Gasteiger partial charge in [-0.25, -0.2) is 0 Å². The maximum absolute atomic E-state index is 12.7. The Kier molecular flexibility index (Phi) is 6.69. The topological polar surface area (TPSA) is 66.8 Å². The minimum atomic E-state index is -0.868. The zero-order valence-corrected chi connectivity index (χ0v) is 16.2. The molecule has 1 aliphatic rings. The first kappa shape index (κ1) is 19.9. The van der Waals surface area contributed by atoms with Gasteiger partial charge in [0.2, 0.25) is 0 Å². The smallest absolute Gasteiger partial charge is 0.307 e.